The molecule has 3 aromatic rings. The largest absolute Gasteiger partial charge is 0.278 e. The molecule has 9 heteroatoms. The molecular formula is C29H32BrClN2O4S. The smallest absolute Gasteiger partial charge is 0.270 e. The average molecular weight is 620 g/mol. The Kier molecular flexibility index (Phi) is 9.65. The van der Waals surface area contributed by atoms with Crippen molar-refractivity contribution in [3.63, 3.8) is 0 Å². The average Bonchev–Trinajstić information content (AvgIpc) is 2.92. The summed E-state index contributed by atoms with van der Waals surface area (Å²) in [6.07, 6.45) is 2.47. The molecule has 0 aliphatic carbocycles. The van der Waals surface area contributed by atoms with E-state index in [1.54, 1.807) is 6.92 Å². The molecule has 0 saturated carbocycles. The first kappa shape index (κ1) is 28.8. The lowest BCUT2D eigenvalue weighted by molar-refractivity contribution is -0.142. The van der Waals surface area contributed by atoms with Gasteiger partial charge in [0.15, 0.2) is 0 Å². The van der Waals surface area contributed by atoms with Gasteiger partial charge in [0.05, 0.1) is 17.7 Å². The highest BCUT2D eigenvalue weighted by atomic mass is 79.9. The molecule has 1 amide bonds. The van der Waals surface area contributed by atoms with Crippen LogP contribution >= 0.6 is 27.5 Å². The van der Waals surface area contributed by atoms with E-state index in [1.165, 1.54) is 33.1 Å². The number of rotatable bonds is 9. The zero-order chi connectivity index (χ0) is 27.3. The Hall–Kier alpha value is -2.23. The Bertz CT molecular complexity index is 1360. The number of sulfonamides is 1. The van der Waals surface area contributed by atoms with Crippen LogP contribution in [0.1, 0.15) is 54.2 Å². The van der Waals surface area contributed by atoms with E-state index in [0.717, 1.165) is 29.3 Å². The summed E-state index contributed by atoms with van der Waals surface area (Å²) >= 11 is 9.86. The second-order valence-electron chi connectivity index (χ2n) is 9.46. The van der Waals surface area contributed by atoms with Gasteiger partial charge in [0.1, 0.15) is 4.90 Å². The van der Waals surface area contributed by atoms with Crippen LogP contribution in [0.4, 0.5) is 0 Å². The van der Waals surface area contributed by atoms with Crippen LogP contribution in [0.3, 0.4) is 0 Å². The van der Waals surface area contributed by atoms with Crippen molar-refractivity contribution in [2.75, 3.05) is 19.7 Å². The molecule has 1 aliphatic rings. The number of amides is 1. The molecule has 0 bridgehead atoms. The highest BCUT2D eigenvalue weighted by molar-refractivity contribution is 9.10. The van der Waals surface area contributed by atoms with Crippen LogP contribution in [-0.2, 0) is 21.3 Å². The van der Waals surface area contributed by atoms with E-state index in [-0.39, 0.29) is 22.1 Å². The van der Waals surface area contributed by atoms with E-state index in [2.05, 4.69) is 28.1 Å². The Balaban J connectivity index is 1.52. The quantitative estimate of drug-likeness (QED) is 0.244. The predicted molar refractivity (Wildman–Crippen MR) is 153 cm³/mol. The van der Waals surface area contributed by atoms with Crippen LogP contribution in [0.2, 0.25) is 5.02 Å². The van der Waals surface area contributed by atoms with Crippen LogP contribution in [0.5, 0.6) is 0 Å². The van der Waals surface area contributed by atoms with Crippen molar-refractivity contribution in [3.8, 4) is 0 Å². The summed E-state index contributed by atoms with van der Waals surface area (Å²) in [5, 5.41) is 1.38. The molecule has 1 saturated heterocycles. The van der Waals surface area contributed by atoms with Gasteiger partial charge in [-0.25, -0.2) is 13.5 Å². The van der Waals surface area contributed by atoms with Crippen LogP contribution < -0.4 is 0 Å². The van der Waals surface area contributed by atoms with Crippen molar-refractivity contribution in [1.29, 1.82) is 0 Å². The summed E-state index contributed by atoms with van der Waals surface area (Å²) in [5.74, 6) is -0.0134. The Morgan fingerprint density at radius 1 is 1.08 bits per heavy atom. The first-order valence-electron chi connectivity index (χ1n) is 12.8. The lowest BCUT2D eigenvalue weighted by Crippen LogP contribution is -2.39. The summed E-state index contributed by atoms with van der Waals surface area (Å²) in [4.78, 5) is 19.2. The molecule has 0 N–H and O–H groups in total. The van der Waals surface area contributed by atoms with Crippen molar-refractivity contribution in [3.05, 3.63) is 99.0 Å². The van der Waals surface area contributed by atoms with Gasteiger partial charge < -0.3 is 0 Å². The SMILES string of the molecule is CCON(C(=O)c1ccc(Cl)c(S(=O)(=O)N2CCC(Cc3ccccc3)CC2)c1)C(C)c1cccc(Br)c1. The fourth-order valence-electron chi connectivity index (χ4n) is 4.79. The monoisotopic (exact) mass is 618 g/mol. The summed E-state index contributed by atoms with van der Waals surface area (Å²) in [7, 11) is -3.88. The second-order valence-corrected chi connectivity index (χ2v) is 12.7. The minimum Gasteiger partial charge on any atom is -0.270 e. The Labute approximate surface area is 238 Å². The molecule has 38 heavy (non-hydrogen) atoms. The third-order valence-electron chi connectivity index (χ3n) is 6.89. The zero-order valence-electron chi connectivity index (χ0n) is 21.5. The predicted octanol–water partition coefficient (Wildman–Crippen LogP) is 6.90. The van der Waals surface area contributed by atoms with Gasteiger partial charge >= 0.3 is 0 Å². The van der Waals surface area contributed by atoms with Gasteiger partial charge in [-0.2, -0.15) is 4.31 Å². The fourth-order valence-corrected chi connectivity index (χ4v) is 7.18. The molecule has 1 fully saturated rings. The minimum atomic E-state index is -3.88. The zero-order valence-corrected chi connectivity index (χ0v) is 24.7. The topological polar surface area (TPSA) is 66.9 Å². The second kappa shape index (κ2) is 12.7. The number of halogens is 2. The number of hydrogen-bond donors (Lipinski definition) is 0. The van der Waals surface area contributed by atoms with E-state index < -0.39 is 22.0 Å². The molecule has 0 radical (unpaired) electrons. The standard InChI is InChI=1S/C29H32BrClN2O4S/c1-3-37-33(21(2)24-10-7-11-26(30)19-24)29(34)25-12-13-27(31)28(20-25)38(35,36)32-16-14-23(15-17-32)18-22-8-5-4-6-9-22/h4-13,19-21,23H,3,14-18H2,1-2H3. The van der Waals surface area contributed by atoms with Crippen molar-refractivity contribution < 1.29 is 18.0 Å². The highest BCUT2D eigenvalue weighted by Gasteiger charge is 2.32. The van der Waals surface area contributed by atoms with Gasteiger partial charge in [-0.1, -0.05) is 70.0 Å². The minimum absolute atomic E-state index is 0.0573. The van der Waals surface area contributed by atoms with Crippen molar-refractivity contribution in [2.24, 2.45) is 5.92 Å². The first-order valence-corrected chi connectivity index (χ1v) is 15.4. The van der Waals surface area contributed by atoms with E-state index in [9.17, 15) is 13.2 Å². The van der Waals surface area contributed by atoms with E-state index in [4.69, 9.17) is 16.4 Å². The van der Waals surface area contributed by atoms with Gasteiger partial charge in [0.25, 0.3) is 5.91 Å². The molecule has 202 valence electrons. The van der Waals surface area contributed by atoms with E-state index in [1.807, 2.05) is 49.4 Å². The van der Waals surface area contributed by atoms with Gasteiger partial charge in [-0.3, -0.25) is 9.63 Å². The maximum Gasteiger partial charge on any atom is 0.278 e. The maximum atomic E-state index is 13.6. The molecule has 3 aromatic carbocycles. The number of piperidine rings is 1. The third kappa shape index (κ3) is 6.66. The molecule has 1 heterocycles. The molecule has 6 nitrogen and oxygen atoms in total. The summed E-state index contributed by atoms with van der Waals surface area (Å²) in [6.45, 7) is 4.77. The van der Waals surface area contributed by atoms with E-state index >= 15 is 0 Å². The molecular weight excluding hydrogens is 588 g/mol. The molecule has 1 atom stereocenters. The first-order chi connectivity index (χ1) is 18.2. The molecule has 0 spiro atoms. The number of carbonyl (C=O) groups excluding carboxylic acids is 1. The molecule has 0 aromatic heterocycles. The number of benzene rings is 3. The third-order valence-corrected chi connectivity index (χ3v) is 9.76. The number of hydrogen-bond acceptors (Lipinski definition) is 4. The molecule has 1 unspecified atom stereocenters. The number of nitrogens with zero attached hydrogens (tertiary/aromatic N) is 2. The maximum absolute atomic E-state index is 13.6. The number of hydroxylamine groups is 2. The summed E-state index contributed by atoms with van der Waals surface area (Å²) in [5.41, 5.74) is 2.34. The van der Waals surface area contributed by atoms with Crippen molar-refractivity contribution in [1.82, 2.24) is 9.37 Å². The van der Waals surface area contributed by atoms with Crippen molar-refractivity contribution in [2.45, 2.75) is 44.0 Å². The lowest BCUT2D eigenvalue weighted by atomic mass is 9.91. The molecule has 4 rings (SSSR count). The van der Waals surface area contributed by atoms with Gasteiger partial charge in [-0.05, 0) is 80.5 Å². The van der Waals surface area contributed by atoms with Crippen LogP contribution in [0.25, 0.3) is 0 Å². The van der Waals surface area contributed by atoms with Crippen LogP contribution in [0.15, 0.2) is 82.2 Å². The Morgan fingerprint density at radius 2 is 1.79 bits per heavy atom. The lowest BCUT2D eigenvalue weighted by Gasteiger charge is -2.32. The highest BCUT2D eigenvalue weighted by Crippen LogP contribution is 2.32. The van der Waals surface area contributed by atoms with Gasteiger partial charge in [0.2, 0.25) is 10.0 Å². The number of carbonyl (C=O) groups is 1. The molecule has 1 aliphatic heterocycles. The van der Waals surface area contributed by atoms with Crippen LogP contribution in [-0.4, -0.2) is 43.4 Å². The van der Waals surface area contributed by atoms with Gasteiger partial charge in [-0.15, -0.1) is 0 Å². The van der Waals surface area contributed by atoms with Crippen LogP contribution in [0, 0.1) is 5.92 Å². The van der Waals surface area contributed by atoms with Gasteiger partial charge in [0, 0.05) is 23.1 Å². The normalized spacial score (nSPS) is 15.8. The Morgan fingerprint density at radius 3 is 2.45 bits per heavy atom. The van der Waals surface area contributed by atoms with Crippen molar-refractivity contribution >= 4 is 43.5 Å². The summed E-state index contributed by atoms with van der Waals surface area (Å²) in [6, 6.07) is 21.9. The summed E-state index contributed by atoms with van der Waals surface area (Å²) < 4.78 is 29.6. The van der Waals surface area contributed by atoms with E-state index in [0.29, 0.717) is 19.0 Å². The fraction of sp³-hybridized carbons (Fsp3) is 0.345.